The van der Waals surface area contributed by atoms with Crippen molar-refractivity contribution in [2.24, 2.45) is 5.92 Å². The molecule has 17 heteroatoms. The van der Waals surface area contributed by atoms with Gasteiger partial charge in [-0.3, -0.25) is 9.69 Å². The second-order valence-corrected chi connectivity index (χ2v) is 13.6. The number of hydrogen-bond acceptors (Lipinski definition) is 7. The molecular formula is C32H33F6N3O7S. The summed E-state index contributed by atoms with van der Waals surface area (Å²) < 4.78 is 115. The molecule has 1 aliphatic rings. The Morgan fingerprint density at radius 1 is 1.00 bits per heavy atom. The number of cyclic esters (lactones) is 1. The number of alkyl halides is 6. The Balaban J connectivity index is 1.55. The van der Waals surface area contributed by atoms with Crippen molar-refractivity contribution in [2.45, 2.75) is 56.0 Å². The van der Waals surface area contributed by atoms with Crippen LogP contribution in [0.25, 0.3) is 0 Å². The second kappa shape index (κ2) is 15.0. The standard InChI is InChI=1S/C32H33F6N3O7S/c1-20(2)17-40(49(45,46)25-13-11-24(12-14-25)48-32(36,37)38)18-27(42)26(15-21-7-4-3-5-8-21)39-29(43)28-19-41(30(44)47-28)23-10-6-9-22(16-23)31(33,34)35/h3-14,16,20,26-28,42H,15,17-19H2,1-2H3,(H,39,43)/t26-,27+,28-/m0/s1. The Kier molecular flexibility index (Phi) is 11.5. The van der Waals surface area contributed by atoms with Crippen LogP contribution in [0.1, 0.15) is 25.0 Å². The number of amides is 2. The van der Waals surface area contributed by atoms with E-state index in [-0.39, 0.29) is 29.5 Å². The second-order valence-electron chi connectivity index (χ2n) is 11.6. The van der Waals surface area contributed by atoms with Crippen molar-refractivity contribution in [2.75, 3.05) is 24.5 Å². The van der Waals surface area contributed by atoms with Gasteiger partial charge < -0.3 is 19.9 Å². The SMILES string of the molecule is CC(C)CN(C[C@@H](O)[C@H](Cc1ccccc1)NC(=O)[C@@H]1CN(c2cccc(C(F)(F)F)c2)C(=O)O1)S(=O)(=O)c1ccc(OC(F)(F)F)cc1. The van der Waals surface area contributed by atoms with Crippen LogP contribution in [0, 0.1) is 5.92 Å². The number of rotatable bonds is 13. The lowest BCUT2D eigenvalue weighted by atomic mass is 10.0. The maximum atomic E-state index is 13.6. The number of aliphatic hydroxyl groups excluding tert-OH is 1. The molecule has 3 aromatic rings. The van der Waals surface area contributed by atoms with E-state index in [1.807, 2.05) is 0 Å². The molecule has 3 aromatic carbocycles. The summed E-state index contributed by atoms with van der Waals surface area (Å²) >= 11 is 0. The quantitative estimate of drug-likeness (QED) is 0.228. The molecule has 0 unspecified atom stereocenters. The fourth-order valence-electron chi connectivity index (χ4n) is 5.06. The monoisotopic (exact) mass is 717 g/mol. The normalized spacial score (nSPS) is 16.8. The van der Waals surface area contributed by atoms with Gasteiger partial charge in [0.05, 0.1) is 29.1 Å². The molecule has 0 aromatic heterocycles. The third kappa shape index (κ3) is 10.1. The molecule has 0 spiro atoms. The van der Waals surface area contributed by atoms with Gasteiger partial charge in [-0.05, 0) is 60.4 Å². The fourth-order valence-corrected chi connectivity index (χ4v) is 6.69. The van der Waals surface area contributed by atoms with Gasteiger partial charge in [0.1, 0.15) is 5.75 Å². The molecule has 2 N–H and O–H groups in total. The molecule has 0 aliphatic carbocycles. The zero-order chi connectivity index (χ0) is 36.1. The topological polar surface area (TPSA) is 125 Å². The molecule has 4 rings (SSSR count). The maximum absolute atomic E-state index is 13.6. The van der Waals surface area contributed by atoms with Crippen molar-refractivity contribution in [3.63, 3.8) is 0 Å². The Bertz CT molecular complexity index is 1700. The number of nitrogens with zero attached hydrogens (tertiary/aromatic N) is 2. The Hall–Kier alpha value is -4.35. The van der Waals surface area contributed by atoms with E-state index in [0.717, 1.165) is 51.7 Å². The van der Waals surface area contributed by atoms with Gasteiger partial charge in [-0.1, -0.05) is 50.2 Å². The smallest absolute Gasteiger partial charge is 0.434 e. The van der Waals surface area contributed by atoms with E-state index in [2.05, 4.69) is 10.1 Å². The Morgan fingerprint density at radius 3 is 2.24 bits per heavy atom. The van der Waals surface area contributed by atoms with E-state index in [1.165, 1.54) is 6.07 Å². The van der Waals surface area contributed by atoms with Crippen LogP contribution in [-0.2, 0) is 32.2 Å². The van der Waals surface area contributed by atoms with E-state index in [1.54, 1.807) is 44.2 Å². The zero-order valence-electron chi connectivity index (χ0n) is 26.1. The summed E-state index contributed by atoms with van der Waals surface area (Å²) in [5, 5.41) is 14.0. The Labute approximate surface area is 278 Å². The number of anilines is 1. The largest absolute Gasteiger partial charge is 0.573 e. The van der Waals surface area contributed by atoms with Gasteiger partial charge in [0.2, 0.25) is 10.0 Å². The predicted molar refractivity (Wildman–Crippen MR) is 164 cm³/mol. The van der Waals surface area contributed by atoms with Crippen molar-refractivity contribution in [3.8, 4) is 5.75 Å². The summed E-state index contributed by atoms with van der Waals surface area (Å²) in [6.07, 6.45) is -13.8. The van der Waals surface area contributed by atoms with Crippen LogP contribution in [0.4, 0.5) is 36.8 Å². The van der Waals surface area contributed by atoms with Crippen LogP contribution in [-0.4, -0.2) is 74.1 Å². The highest BCUT2D eigenvalue weighted by Gasteiger charge is 2.40. The highest BCUT2D eigenvalue weighted by Crippen LogP contribution is 2.33. The summed E-state index contributed by atoms with van der Waals surface area (Å²) in [4.78, 5) is 26.5. The van der Waals surface area contributed by atoms with Gasteiger partial charge in [-0.15, -0.1) is 13.2 Å². The van der Waals surface area contributed by atoms with Crippen molar-refractivity contribution < 1.29 is 58.9 Å². The summed E-state index contributed by atoms with van der Waals surface area (Å²) in [5.74, 6) is -1.79. The summed E-state index contributed by atoms with van der Waals surface area (Å²) in [5.41, 5.74) is -0.522. The third-order valence-electron chi connectivity index (χ3n) is 7.33. The molecule has 1 aliphatic heterocycles. The number of carbonyl (C=O) groups excluding carboxylic acids is 2. The van der Waals surface area contributed by atoms with E-state index in [4.69, 9.17) is 4.74 Å². The first-order valence-corrected chi connectivity index (χ1v) is 16.3. The predicted octanol–water partition coefficient (Wildman–Crippen LogP) is 5.36. The molecule has 2 amide bonds. The molecule has 1 heterocycles. The van der Waals surface area contributed by atoms with Gasteiger partial charge in [0, 0.05) is 18.8 Å². The summed E-state index contributed by atoms with van der Waals surface area (Å²) in [6, 6.07) is 14.8. The van der Waals surface area contributed by atoms with Gasteiger partial charge >= 0.3 is 18.6 Å². The maximum Gasteiger partial charge on any atom is 0.573 e. The van der Waals surface area contributed by atoms with Crippen LogP contribution < -0.4 is 15.0 Å². The molecule has 266 valence electrons. The van der Waals surface area contributed by atoms with E-state index in [9.17, 15) is 49.5 Å². The zero-order valence-corrected chi connectivity index (χ0v) is 26.9. The Morgan fingerprint density at radius 2 is 1.65 bits per heavy atom. The van der Waals surface area contributed by atoms with Gasteiger partial charge in [-0.25, -0.2) is 13.2 Å². The van der Waals surface area contributed by atoms with Crippen LogP contribution >= 0.6 is 0 Å². The van der Waals surface area contributed by atoms with E-state index < -0.39 is 77.2 Å². The molecule has 10 nitrogen and oxygen atoms in total. The van der Waals surface area contributed by atoms with Crippen LogP contribution in [0.15, 0.2) is 83.8 Å². The number of sulfonamides is 1. The lowest BCUT2D eigenvalue weighted by Gasteiger charge is -2.31. The highest BCUT2D eigenvalue weighted by molar-refractivity contribution is 7.89. The average molecular weight is 718 g/mol. The van der Waals surface area contributed by atoms with Crippen molar-refractivity contribution in [1.82, 2.24) is 9.62 Å². The minimum Gasteiger partial charge on any atom is -0.434 e. The van der Waals surface area contributed by atoms with Crippen molar-refractivity contribution in [3.05, 3.63) is 90.0 Å². The average Bonchev–Trinajstić information content (AvgIpc) is 3.41. The van der Waals surface area contributed by atoms with Crippen LogP contribution in [0.5, 0.6) is 5.75 Å². The van der Waals surface area contributed by atoms with Gasteiger partial charge in [0.25, 0.3) is 5.91 Å². The van der Waals surface area contributed by atoms with Gasteiger partial charge in [0.15, 0.2) is 6.10 Å². The third-order valence-corrected chi connectivity index (χ3v) is 9.18. The minimum atomic E-state index is -4.99. The van der Waals surface area contributed by atoms with E-state index >= 15 is 0 Å². The fraction of sp³-hybridized carbons (Fsp3) is 0.375. The first-order chi connectivity index (χ1) is 22.8. The molecule has 3 atom stereocenters. The molecule has 1 fully saturated rings. The minimum absolute atomic E-state index is 0.00913. The number of hydrogen-bond donors (Lipinski definition) is 2. The number of aliphatic hydroxyl groups is 1. The number of benzene rings is 3. The number of halogens is 6. The molecular weight excluding hydrogens is 684 g/mol. The van der Waals surface area contributed by atoms with Crippen LogP contribution in [0.2, 0.25) is 0 Å². The summed E-state index contributed by atoms with van der Waals surface area (Å²) in [7, 11) is -4.39. The first-order valence-electron chi connectivity index (χ1n) is 14.9. The van der Waals surface area contributed by atoms with Gasteiger partial charge in [-0.2, -0.15) is 17.5 Å². The molecule has 49 heavy (non-hydrogen) atoms. The number of carbonyl (C=O) groups is 2. The number of ether oxygens (including phenoxy) is 2. The lowest BCUT2D eigenvalue weighted by molar-refractivity contribution is -0.274. The molecule has 1 saturated heterocycles. The summed E-state index contributed by atoms with van der Waals surface area (Å²) in [6.45, 7) is 2.31. The van der Waals surface area contributed by atoms with Crippen molar-refractivity contribution in [1.29, 1.82) is 0 Å². The van der Waals surface area contributed by atoms with E-state index in [0.29, 0.717) is 5.56 Å². The highest BCUT2D eigenvalue weighted by atomic mass is 32.2. The molecule has 0 bridgehead atoms. The van der Waals surface area contributed by atoms with Crippen molar-refractivity contribution >= 4 is 27.7 Å². The first kappa shape index (κ1) is 37.5. The van der Waals surface area contributed by atoms with Crippen LogP contribution in [0.3, 0.4) is 0 Å². The molecule has 0 radical (unpaired) electrons. The number of nitrogens with one attached hydrogen (secondary N) is 1. The molecule has 0 saturated carbocycles. The lowest BCUT2D eigenvalue weighted by Crippen LogP contribution is -2.53.